The van der Waals surface area contributed by atoms with Crippen LogP contribution in [0.3, 0.4) is 0 Å². The van der Waals surface area contributed by atoms with Crippen LogP contribution in [0.25, 0.3) is 0 Å². The summed E-state index contributed by atoms with van der Waals surface area (Å²) >= 11 is 0. The average Bonchev–Trinajstić information content (AvgIpc) is 2.07. The molecule has 0 N–H and O–H groups in total. The highest BCUT2D eigenvalue weighted by Gasteiger charge is 2.01. The maximum absolute atomic E-state index is 3.29. The van der Waals surface area contributed by atoms with E-state index in [1.807, 2.05) is 6.08 Å². The first kappa shape index (κ1) is 13.3. The van der Waals surface area contributed by atoms with Crippen LogP contribution >= 0.6 is 0 Å². The summed E-state index contributed by atoms with van der Waals surface area (Å²) in [7, 11) is 0. The summed E-state index contributed by atoms with van der Waals surface area (Å²) in [5, 5.41) is 0. The molecule has 0 saturated heterocycles. The second-order valence-corrected chi connectivity index (χ2v) is 4.92. The number of hydrogen-bond acceptors (Lipinski definition) is 0. The second kappa shape index (κ2) is 6.68. The van der Waals surface area contributed by atoms with Crippen molar-refractivity contribution in [2.75, 3.05) is 0 Å². The quantitative estimate of drug-likeness (QED) is 0.440. The van der Waals surface area contributed by atoms with Crippen molar-refractivity contribution in [2.45, 2.75) is 53.9 Å². The molecule has 0 spiro atoms. The van der Waals surface area contributed by atoms with E-state index < -0.39 is 0 Å². The molecule has 0 heterocycles. The summed E-state index contributed by atoms with van der Waals surface area (Å²) in [5.74, 6) is 0. The normalized spacial score (nSPS) is 11.5. The van der Waals surface area contributed by atoms with Crippen LogP contribution in [0, 0.1) is 5.41 Å². The number of allylic oxidation sites excluding steroid dienone is 3. The van der Waals surface area contributed by atoms with Gasteiger partial charge in [0, 0.05) is 0 Å². The van der Waals surface area contributed by atoms with E-state index in [0.29, 0.717) is 0 Å². The molecule has 0 aromatic rings. The molecule has 0 unspecified atom stereocenters. The Morgan fingerprint density at radius 1 is 1.29 bits per heavy atom. The van der Waals surface area contributed by atoms with Crippen molar-refractivity contribution >= 4 is 0 Å². The van der Waals surface area contributed by atoms with Crippen molar-refractivity contribution in [1.29, 1.82) is 0 Å². The van der Waals surface area contributed by atoms with Crippen LogP contribution in [0.1, 0.15) is 53.9 Å². The number of unbranched alkanes of at least 4 members (excludes halogenated alkanes) is 1. The molecule has 14 heavy (non-hydrogen) atoms. The van der Waals surface area contributed by atoms with Gasteiger partial charge in [-0.25, -0.2) is 0 Å². The lowest BCUT2D eigenvalue weighted by Gasteiger charge is -2.09. The Balaban J connectivity index is 4.08. The van der Waals surface area contributed by atoms with Crippen molar-refractivity contribution in [3.63, 3.8) is 0 Å². The Morgan fingerprint density at radius 3 is 2.43 bits per heavy atom. The molecule has 0 radical (unpaired) electrons. The van der Waals surface area contributed by atoms with Crippen LogP contribution in [0.2, 0.25) is 0 Å². The van der Waals surface area contributed by atoms with Crippen LogP contribution in [0.15, 0.2) is 29.5 Å². The molecule has 0 aliphatic rings. The summed E-state index contributed by atoms with van der Waals surface area (Å²) in [6.45, 7) is 11.0. The van der Waals surface area contributed by atoms with E-state index in [9.17, 15) is 0 Å². The van der Waals surface area contributed by atoms with Gasteiger partial charge in [0.05, 0.1) is 0 Å². The molecule has 0 aliphatic carbocycles. The van der Waals surface area contributed by atoms with Crippen LogP contribution in [-0.4, -0.2) is 0 Å². The molecule has 0 aliphatic heterocycles. The van der Waals surface area contributed by atoms with E-state index >= 15 is 0 Å². The lowest BCUT2D eigenvalue weighted by Crippen LogP contribution is -1.97. The highest BCUT2D eigenvalue weighted by atomic mass is 14.1. The van der Waals surface area contributed by atoms with Gasteiger partial charge in [0.1, 0.15) is 0 Å². The minimum atomic E-state index is 0.273. The lowest BCUT2D eigenvalue weighted by atomic mass is 9.96. The molecule has 0 aromatic carbocycles. The van der Waals surface area contributed by atoms with E-state index in [1.54, 1.807) is 0 Å². The van der Waals surface area contributed by atoms with E-state index in [1.165, 1.54) is 24.8 Å². The Hall–Kier alpha value is -0.740. The summed E-state index contributed by atoms with van der Waals surface area (Å²) in [4.78, 5) is 0. The van der Waals surface area contributed by atoms with Crippen LogP contribution < -0.4 is 0 Å². The third kappa shape index (κ3) is 9.35. The van der Waals surface area contributed by atoms with Crippen molar-refractivity contribution < 1.29 is 0 Å². The molecule has 0 bridgehead atoms. The van der Waals surface area contributed by atoms with E-state index in [4.69, 9.17) is 0 Å². The number of rotatable bonds is 4. The zero-order valence-electron chi connectivity index (χ0n) is 10.4. The third-order valence-electron chi connectivity index (χ3n) is 1.93. The van der Waals surface area contributed by atoms with Crippen molar-refractivity contribution in [2.24, 2.45) is 5.41 Å². The average molecular weight is 192 g/mol. The third-order valence-corrected chi connectivity index (χ3v) is 1.93. The van der Waals surface area contributed by atoms with Gasteiger partial charge in [0.2, 0.25) is 0 Å². The highest BCUT2D eigenvalue weighted by molar-refractivity contribution is 5.09. The van der Waals surface area contributed by atoms with E-state index in [2.05, 4.69) is 52.5 Å². The van der Waals surface area contributed by atoms with Gasteiger partial charge in [-0.2, -0.15) is 0 Å². The first-order valence-electron chi connectivity index (χ1n) is 5.55. The molecule has 0 saturated carbocycles. The fourth-order valence-corrected chi connectivity index (χ4v) is 1.04. The maximum Gasteiger partial charge on any atom is -0.0200 e. The van der Waals surface area contributed by atoms with Gasteiger partial charge in [0.25, 0.3) is 0 Å². The summed E-state index contributed by atoms with van der Waals surface area (Å²) in [6, 6.07) is 0. The topological polar surface area (TPSA) is 0 Å². The first-order valence-corrected chi connectivity index (χ1v) is 5.55. The monoisotopic (exact) mass is 192 g/mol. The molecule has 0 heteroatoms. The molecule has 80 valence electrons. The van der Waals surface area contributed by atoms with Gasteiger partial charge in [-0.3, -0.25) is 0 Å². The van der Waals surface area contributed by atoms with Crippen LogP contribution in [0.4, 0.5) is 0 Å². The molecule has 0 atom stereocenters. The molecule has 0 amide bonds. The molecular formula is C14H24. The van der Waals surface area contributed by atoms with Crippen molar-refractivity contribution in [3.05, 3.63) is 29.5 Å². The predicted octanol–water partition coefficient (Wildman–Crippen LogP) is 4.88. The standard InChI is InChI=1S/C14H24/c1-6-7-10-13(2)11-8-9-12-14(3,4)5/h8-9,12H,6-7,10H2,1-5H3/b12-9+. The lowest BCUT2D eigenvalue weighted by molar-refractivity contribution is 0.544. The first-order chi connectivity index (χ1) is 6.45. The molecule has 0 rings (SSSR count). The van der Waals surface area contributed by atoms with Crippen LogP contribution in [0.5, 0.6) is 0 Å². The van der Waals surface area contributed by atoms with Gasteiger partial charge in [-0.1, -0.05) is 46.3 Å². The molecular weight excluding hydrogens is 168 g/mol. The minimum Gasteiger partial charge on any atom is -0.122 e. The van der Waals surface area contributed by atoms with Crippen LogP contribution in [-0.2, 0) is 0 Å². The Morgan fingerprint density at radius 2 is 1.93 bits per heavy atom. The van der Waals surface area contributed by atoms with Gasteiger partial charge in [-0.15, -0.1) is 5.73 Å². The Kier molecular flexibility index (Phi) is 6.32. The summed E-state index contributed by atoms with van der Waals surface area (Å²) in [5.41, 5.74) is 4.92. The van der Waals surface area contributed by atoms with Gasteiger partial charge >= 0.3 is 0 Å². The van der Waals surface area contributed by atoms with Gasteiger partial charge in [0.15, 0.2) is 0 Å². The molecule has 0 aromatic heterocycles. The predicted molar refractivity (Wildman–Crippen MR) is 65.4 cm³/mol. The minimum absolute atomic E-state index is 0.273. The Labute approximate surface area is 89.4 Å². The van der Waals surface area contributed by atoms with E-state index in [0.717, 1.165) is 0 Å². The zero-order valence-corrected chi connectivity index (χ0v) is 10.4. The molecule has 0 fully saturated rings. The van der Waals surface area contributed by atoms with Gasteiger partial charge < -0.3 is 0 Å². The highest BCUT2D eigenvalue weighted by Crippen LogP contribution is 2.14. The van der Waals surface area contributed by atoms with Gasteiger partial charge in [-0.05, 0) is 36.8 Å². The van der Waals surface area contributed by atoms with Crippen molar-refractivity contribution in [1.82, 2.24) is 0 Å². The summed E-state index contributed by atoms with van der Waals surface area (Å²) < 4.78 is 0. The zero-order chi connectivity index (χ0) is 11.0. The Bertz CT molecular complexity index is 229. The smallest absolute Gasteiger partial charge is 0.0200 e. The summed E-state index contributed by atoms with van der Waals surface area (Å²) in [6.07, 6.45) is 10.0. The fraction of sp³-hybridized carbons (Fsp3) is 0.643. The van der Waals surface area contributed by atoms with E-state index in [-0.39, 0.29) is 5.41 Å². The molecule has 0 nitrogen and oxygen atoms in total. The largest absolute Gasteiger partial charge is 0.122 e. The maximum atomic E-state index is 3.29. The number of hydrogen-bond donors (Lipinski definition) is 0. The second-order valence-electron chi connectivity index (χ2n) is 4.92. The van der Waals surface area contributed by atoms with Crippen molar-refractivity contribution in [3.8, 4) is 0 Å². The fourth-order valence-electron chi connectivity index (χ4n) is 1.04. The SMILES string of the molecule is CCCCC(C)=C=C/C=C/C(C)(C)C.